The first-order chi connectivity index (χ1) is 24.5. The number of hydrogen-bond donors (Lipinski definition) is 0. The molecule has 0 spiro atoms. The van der Waals surface area contributed by atoms with Crippen LogP contribution in [0.4, 0.5) is 0 Å². The molecule has 0 aromatic rings. The first-order valence-electron chi connectivity index (χ1n) is 20.6. The van der Waals surface area contributed by atoms with Crippen molar-refractivity contribution in [3.63, 3.8) is 0 Å². The fourth-order valence-electron chi connectivity index (χ4n) is 5.38. The van der Waals surface area contributed by atoms with E-state index in [-0.39, 0.29) is 31.1 Å². The molecule has 6 heteroatoms. The third-order valence-corrected chi connectivity index (χ3v) is 8.54. The number of ether oxygens (including phenoxy) is 3. The van der Waals surface area contributed by atoms with Crippen LogP contribution in [-0.4, -0.2) is 37.2 Å². The quantitative estimate of drug-likeness (QED) is 0.0280. The molecule has 0 N–H and O–H groups in total. The van der Waals surface area contributed by atoms with E-state index in [9.17, 15) is 14.4 Å². The third-order valence-electron chi connectivity index (χ3n) is 8.54. The molecule has 0 aliphatic carbocycles. The predicted molar refractivity (Wildman–Crippen MR) is 210 cm³/mol. The van der Waals surface area contributed by atoms with Gasteiger partial charge in [0.25, 0.3) is 0 Å². The van der Waals surface area contributed by atoms with E-state index >= 15 is 0 Å². The molecule has 1 atom stereocenters. The van der Waals surface area contributed by atoms with Crippen molar-refractivity contribution in [1.82, 2.24) is 0 Å². The molecular weight excluding hydrogens is 624 g/mol. The number of esters is 3. The molecule has 0 aliphatic rings. The Bertz CT molecular complexity index is 902. The Balaban J connectivity index is 4.42. The Morgan fingerprint density at radius 2 is 0.780 bits per heavy atom. The summed E-state index contributed by atoms with van der Waals surface area (Å²) >= 11 is 0. The summed E-state index contributed by atoms with van der Waals surface area (Å²) in [6, 6.07) is 0. The molecule has 50 heavy (non-hydrogen) atoms. The van der Waals surface area contributed by atoms with Gasteiger partial charge < -0.3 is 14.2 Å². The van der Waals surface area contributed by atoms with Crippen LogP contribution in [0, 0.1) is 0 Å². The molecule has 0 rings (SSSR count). The number of allylic oxidation sites excluding steroid dienone is 8. The molecule has 0 amide bonds. The lowest BCUT2D eigenvalue weighted by atomic mass is 10.1. The lowest BCUT2D eigenvalue weighted by molar-refractivity contribution is -0.167. The van der Waals surface area contributed by atoms with Gasteiger partial charge in [0.15, 0.2) is 6.10 Å². The highest BCUT2D eigenvalue weighted by Gasteiger charge is 2.19. The van der Waals surface area contributed by atoms with E-state index in [0.717, 1.165) is 128 Å². The van der Waals surface area contributed by atoms with E-state index in [1.54, 1.807) is 0 Å². The van der Waals surface area contributed by atoms with Crippen molar-refractivity contribution >= 4 is 17.9 Å². The molecule has 0 radical (unpaired) electrons. The van der Waals surface area contributed by atoms with E-state index in [4.69, 9.17) is 14.2 Å². The monoisotopic (exact) mass is 701 g/mol. The highest BCUT2D eigenvalue weighted by atomic mass is 16.6. The highest BCUT2D eigenvalue weighted by Crippen LogP contribution is 2.12. The average Bonchev–Trinajstić information content (AvgIpc) is 3.11. The molecule has 0 saturated carbocycles. The summed E-state index contributed by atoms with van der Waals surface area (Å²) in [5, 5.41) is 0. The second-order valence-electron chi connectivity index (χ2n) is 13.5. The summed E-state index contributed by atoms with van der Waals surface area (Å²) in [5.74, 6) is -0.939. The minimum atomic E-state index is -0.784. The molecule has 0 fully saturated rings. The van der Waals surface area contributed by atoms with Gasteiger partial charge in [-0.3, -0.25) is 14.4 Å². The highest BCUT2D eigenvalue weighted by molar-refractivity contribution is 5.71. The van der Waals surface area contributed by atoms with Gasteiger partial charge in [-0.25, -0.2) is 0 Å². The number of carbonyl (C=O) groups is 3. The van der Waals surface area contributed by atoms with E-state index in [2.05, 4.69) is 69.4 Å². The zero-order chi connectivity index (χ0) is 36.6. The maximum absolute atomic E-state index is 12.6. The molecule has 288 valence electrons. The third kappa shape index (κ3) is 36.6. The second-order valence-corrected chi connectivity index (χ2v) is 13.5. The van der Waals surface area contributed by atoms with Crippen LogP contribution in [0.15, 0.2) is 48.6 Å². The van der Waals surface area contributed by atoms with E-state index < -0.39 is 6.10 Å². The van der Waals surface area contributed by atoms with E-state index in [1.807, 2.05) is 0 Å². The topological polar surface area (TPSA) is 78.9 Å². The van der Waals surface area contributed by atoms with Crippen LogP contribution in [0.2, 0.25) is 0 Å². The normalized spacial score (nSPS) is 12.5. The molecule has 0 aromatic heterocycles. The van der Waals surface area contributed by atoms with Crippen molar-refractivity contribution in [1.29, 1.82) is 0 Å². The van der Waals surface area contributed by atoms with Crippen LogP contribution in [0.1, 0.15) is 194 Å². The van der Waals surface area contributed by atoms with Crippen LogP contribution in [0.25, 0.3) is 0 Å². The van der Waals surface area contributed by atoms with Crippen molar-refractivity contribution in [3.05, 3.63) is 48.6 Å². The Morgan fingerprint density at radius 1 is 0.420 bits per heavy atom. The Hall–Kier alpha value is -2.63. The van der Waals surface area contributed by atoms with Gasteiger partial charge in [0.2, 0.25) is 0 Å². The van der Waals surface area contributed by atoms with Gasteiger partial charge in [-0.15, -0.1) is 0 Å². The van der Waals surface area contributed by atoms with Gasteiger partial charge in [-0.2, -0.15) is 0 Å². The lowest BCUT2D eigenvalue weighted by Gasteiger charge is -2.18. The summed E-state index contributed by atoms with van der Waals surface area (Å²) in [6.45, 7) is 6.38. The van der Waals surface area contributed by atoms with Gasteiger partial charge in [-0.1, -0.05) is 140 Å². The Labute approximate surface area is 307 Å². The Kier molecular flexibility index (Phi) is 37.1. The standard InChI is InChI=1S/C44H76O6/c1-4-7-10-13-16-19-22-23-26-28-31-34-37-43(46)49-40-41(50-44(47)38-35-32-29-25-21-18-15-12-9-6-3)39-48-42(45)36-33-30-27-24-20-17-14-11-8-5-2/h7,10,14-19,41H,4-6,8-9,11-13,20-40H2,1-3H3/b10-7-,17-14-,18-15-,19-16-. The first kappa shape index (κ1) is 47.4. The molecule has 0 bridgehead atoms. The summed E-state index contributed by atoms with van der Waals surface area (Å²) in [4.78, 5) is 37.5. The van der Waals surface area contributed by atoms with Gasteiger partial charge >= 0.3 is 17.9 Å². The van der Waals surface area contributed by atoms with Crippen LogP contribution in [0.3, 0.4) is 0 Å². The largest absolute Gasteiger partial charge is 0.462 e. The fraction of sp³-hybridized carbons (Fsp3) is 0.750. The summed E-state index contributed by atoms with van der Waals surface area (Å²) in [5.41, 5.74) is 0. The van der Waals surface area contributed by atoms with Crippen molar-refractivity contribution < 1.29 is 28.6 Å². The van der Waals surface area contributed by atoms with E-state index in [0.29, 0.717) is 19.3 Å². The summed E-state index contributed by atoms with van der Waals surface area (Å²) in [6.07, 6.45) is 43.8. The van der Waals surface area contributed by atoms with Crippen LogP contribution in [-0.2, 0) is 28.6 Å². The summed E-state index contributed by atoms with van der Waals surface area (Å²) in [7, 11) is 0. The minimum absolute atomic E-state index is 0.0892. The van der Waals surface area contributed by atoms with Gasteiger partial charge in [-0.05, 0) is 83.5 Å². The fourth-order valence-corrected chi connectivity index (χ4v) is 5.38. The van der Waals surface area contributed by atoms with Crippen molar-refractivity contribution in [2.75, 3.05) is 13.2 Å². The lowest BCUT2D eigenvalue weighted by Crippen LogP contribution is -2.30. The smallest absolute Gasteiger partial charge is 0.306 e. The number of rotatable bonds is 36. The van der Waals surface area contributed by atoms with Crippen LogP contribution < -0.4 is 0 Å². The van der Waals surface area contributed by atoms with Gasteiger partial charge in [0.05, 0.1) is 0 Å². The minimum Gasteiger partial charge on any atom is -0.462 e. The van der Waals surface area contributed by atoms with Gasteiger partial charge in [0.1, 0.15) is 13.2 Å². The number of unbranched alkanes of at least 4 members (excludes halogenated alkanes) is 17. The predicted octanol–water partition coefficient (Wildman–Crippen LogP) is 12.8. The molecule has 0 saturated heterocycles. The average molecular weight is 701 g/mol. The molecule has 0 heterocycles. The van der Waals surface area contributed by atoms with Crippen molar-refractivity contribution in [3.8, 4) is 0 Å². The summed E-state index contributed by atoms with van der Waals surface area (Å²) < 4.78 is 16.6. The van der Waals surface area contributed by atoms with Crippen LogP contribution >= 0.6 is 0 Å². The SMILES string of the molecule is CC/C=C\C/C=C\CCCCCCCC(=O)OCC(COC(=O)CCCCCC/C=C\CCCC)OC(=O)CCCCCC/C=C\CCCC. The van der Waals surface area contributed by atoms with E-state index in [1.165, 1.54) is 25.7 Å². The zero-order valence-electron chi connectivity index (χ0n) is 32.7. The first-order valence-corrected chi connectivity index (χ1v) is 20.6. The number of carbonyl (C=O) groups excluding carboxylic acids is 3. The molecular formula is C44H76O6. The maximum atomic E-state index is 12.6. The number of hydrogen-bond acceptors (Lipinski definition) is 6. The van der Waals surface area contributed by atoms with Crippen molar-refractivity contribution in [2.45, 2.75) is 200 Å². The Morgan fingerprint density at radius 3 is 1.22 bits per heavy atom. The maximum Gasteiger partial charge on any atom is 0.306 e. The molecule has 0 aromatic carbocycles. The molecule has 0 aliphatic heterocycles. The van der Waals surface area contributed by atoms with Crippen molar-refractivity contribution in [2.24, 2.45) is 0 Å². The molecule has 6 nitrogen and oxygen atoms in total. The second kappa shape index (κ2) is 39.2. The molecule has 1 unspecified atom stereocenters. The van der Waals surface area contributed by atoms with Gasteiger partial charge in [0, 0.05) is 19.3 Å². The van der Waals surface area contributed by atoms with Crippen LogP contribution in [0.5, 0.6) is 0 Å². The zero-order valence-corrected chi connectivity index (χ0v) is 32.7.